The van der Waals surface area contributed by atoms with Gasteiger partial charge in [0.25, 0.3) is 0 Å². The van der Waals surface area contributed by atoms with Crippen molar-refractivity contribution in [1.29, 1.82) is 0 Å². The summed E-state index contributed by atoms with van der Waals surface area (Å²) in [5.74, 6) is 1.62. The maximum absolute atomic E-state index is 5.86. The highest BCUT2D eigenvalue weighted by Gasteiger charge is 2.14. The van der Waals surface area contributed by atoms with Crippen molar-refractivity contribution in [3.63, 3.8) is 0 Å². The van der Waals surface area contributed by atoms with E-state index in [0.717, 1.165) is 35.2 Å². The molecule has 1 aromatic heterocycles. The minimum Gasteiger partial charge on any atom is -0.497 e. The molecule has 0 aliphatic rings. The Hall–Kier alpha value is -1.68. The number of fused-ring (bicyclic) bond motifs is 1. The van der Waals surface area contributed by atoms with Gasteiger partial charge in [-0.2, -0.15) is 0 Å². The molecule has 1 aromatic carbocycles. The van der Waals surface area contributed by atoms with Crippen LogP contribution in [0.3, 0.4) is 0 Å². The minimum atomic E-state index is 0.205. The first-order valence-corrected chi connectivity index (χ1v) is 6.55. The molecule has 0 fully saturated rings. The van der Waals surface area contributed by atoms with Crippen LogP contribution < -0.4 is 15.2 Å². The lowest BCUT2D eigenvalue weighted by Crippen LogP contribution is -2.15. The maximum atomic E-state index is 5.86. The van der Waals surface area contributed by atoms with Gasteiger partial charge in [-0.25, -0.2) is 0 Å². The van der Waals surface area contributed by atoms with E-state index in [1.165, 1.54) is 11.3 Å². The molecule has 1 atom stereocenters. The fraction of sp³-hybridized carbons (Fsp3) is 0.467. The minimum absolute atomic E-state index is 0.205. The molecule has 19 heavy (non-hydrogen) atoms. The van der Waals surface area contributed by atoms with Gasteiger partial charge in [-0.15, -0.1) is 0 Å². The Morgan fingerprint density at radius 3 is 2.58 bits per heavy atom. The van der Waals surface area contributed by atoms with Gasteiger partial charge in [0.2, 0.25) is 0 Å². The highest BCUT2D eigenvalue weighted by molar-refractivity contribution is 5.91. The van der Waals surface area contributed by atoms with Gasteiger partial charge in [0.05, 0.1) is 19.7 Å². The summed E-state index contributed by atoms with van der Waals surface area (Å²) in [5.41, 5.74) is 9.35. The number of hydrogen-bond acceptors (Lipinski definition) is 3. The highest BCUT2D eigenvalue weighted by atomic mass is 16.5. The molecule has 0 bridgehead atoms. The van der Waals surface area contributed by atoms with E-state index in [1.54, 1.807) is 14.2 Å². The fourth-order valence-electron chi connectivity index (χ4n) is 2.40. The Labute approximate surface area is 113 Å². The second-order valence-corrected chi connectivity index (χ2v) is 5.00. The highest BCUT2D eigenvalue weighted by Crippen LogP contribution is 2.34. The van der Waals surface area contributed by atoms with Gasteiger partial charge in [-0.05, 0) is 38.3 Å². The quantitative estimate of drug-likeness (QED) is 0.871. The van der Waals surface area contributed by atoms with Crippen LogP contribution in [-0.2, 0) is 6.42 Å². The number of aryl methyl sites for hydroxylation is 2. The summed E-state index contributed by atoms with van der Waals surface area (Å²) in [7, 11) is 3.34. The molecule has 104 valence electrons. The predicted octanol–water partition coefficient (Wildman–Crippen LogP) is 2.77. The Kier molecular flexibility index (Phi) is 4.00. The lowest BCUT2D eigenvalue weighted by atomic mass is 10.0. The van der Waals surface area contributed by atoms with Gasteiger partial charge in [0, 0.05) is 23.2 Å². The topological polar surface area (TPSA) is 60.3 Å². The van der Waals surface area contributed by atoms with Gasteiger partial charge >= 0.3 is 0 Å². The third kappa shape index (κ3) is 2.68. The molecule has 0 radical (unpaired) electrons. The number of H-pyrrole nitrogens is 1. The molecular weight excluding hydrogens is 240 g/mol. The van der Waals surface area contributed by atoms with Gasteiger partial charge in [-0.1, -0.05) is 0 Å². The van der Waals surface area contributed by atoms with Crippen LogP contribution in [0.1, 0.15) is 24.6 Å². The zero-order valence-corrected chi connectivity index (χ0v) is 12.0. The van der Waals surface area contributed by atoms with Crippen LogP contribution in [0.25, 0.3) is 10.9 Å². The number of ether oxygens (including phenoxy) is 2. The Balaban J connectivity index is 2.53. The van der Waals surface area contributed by atoms with Crippen LogP contribution in [0.2, 0.25) is 0 Å². The zero-order chi connectivity index (χ0) is 14.0. The van der Waals surface area contributed by atoms with Gasteiger partial charge in [-0.3, -0.25) is 0 Å². The molecule has 4 nitrogen and oxygen atoms in total. The van der Waals surface area contributed by atoms with E-state index in [0.29, 0.717) is 0 Å². The number of aromatic nitrogens is 1. The number of aromatic amines is 1. The fourth-order valence-corrected chi connectivity index (χ4v) is 2.40. The van der Waals surface area contributed by atoms with Crippen LogP contribution in [0.5, 0.6) is 11.5 Å². The third-order valence-corrected chi connectivity index (χ3v) is 3.47. The predicted molar refractivity (Wildman–Crippen MR) is 78.1 cm³/mol. The van der Waals surface area contributed by atoms with E-state index < -0.39 is 0 Å². The van der Waals surface area contributed by atoms with Crippen LogP contribution in [0.4, 0.5) is 0 Å². The monoisotopic (exact) mass is 262 g/mol. The van der Waals surface area contributed by atoms with Gasteiger partial charge in [0.15, 0.2) is 0 Å². The standard InChI is InChI=1S/C15H22N2O2/c1-9(16)5-6-12-10(2)17-15-13(12)7-11(18-3)8-14(15)19-4/h7-9,17H,5-6,16H2,1-4H3. The molecule has 3 N–H and O–H groups in total. The van der Waals surface area contributed by atoms with Crippen molar-refractivity contribution in [2.45, 2.75) is 32.7 Å². The summed E-state index contributed by atoms with van der Waals surface area (Å²) in [6, 6.07) is 4.16. The van der Waals surface area contributed by atoms with Crippen LogP contribution in [0, 0.1) is 6.92 Å². The number of benzene rings is 1. The van der Waals surface area contributed by atoms with E-state index in [4.69, 9.17) is 15.2 Å². The number of rotatable bonds is 5. The van der Waals surface area contributed by atoms with Crippen molar-refractivity contribution in [3.8, 4) is 11.5 Å². The lowest BCUT2D eigenvalue weighted by molar-refractivity contribution is 0.397. The summed E-state index contributed by atoms with van der Waals surface area (Å²) >= 11 is 0. The summed E-state index contributed by atoms with van der Waals surface area (Å²) < 4.78 is 10.8. The lowest BCUT2D eigenvalue weighted by Gasteiger charge is -2.08. The van der Waals surface area contributed by atoms with Crippen molar-refractivity contribution in [1.82, 2.24) is 4.98 Å². The molecule has 2 rings (SSSR count). The SMILES string of the molecule is COc1cc(OC)c2[nH]c(C)c(CCC(C)N)c2c1. The summed E-state index contributed by atoms with van der Waals surface area (Å²) in [6.07, 6.45) is 1.92. The molecule has 0 aliphatic heterocycles. The maximum Gasteiger partial charge on any atom is 0.146 e. The van der Waals surface area contributed by atoms with Gasteiger partial charge in [0.1, 0.15) is 11.5 Å². The molecule has 0 saturated heterocycles. The first-order chi connectivity index (χ1) is 9.06. The summed E-state index contributed by atoms with van der Waals surface area (Å²) in [4.78, 5) is 3.40. The van der Waals surface area contributed by atoms with Crippen LogP contribution in [-0.4, -0.2) is 25.2 Å². The molecule has 1 unspecified atom stereocenters. The van der Waals surface area contributed by atoms with E-state index in [2.05, 4.69) is 18.0 Å². The molecule has 0 amide bonds. The first-order valence-electron chi connectivity index (χ1n) is 6.55. The number of nitrogens with two attached hydrogens (primary N) is 1. The van der Waals surface area contributed by atoms with Crippen molar-refractivity contribution in [2.24, 2.45) is 5.73 Å². The summed E-state index contributed by atoms with van der Waals surface area (Å²) in [6.45, 7) is 4.12. The molecule has 0 saturated carbocycles. The molecule has 0 spiro atoms. The van der Waals surface area contributed by atoms with Crippen LogP contribution in [0.15, 0.2) is 12.1 Å². The van der Waals surface area contributed by atoms with Gasteiger partial charge < -0.3 is 20.2 Å². The Morgan fingerprint density at radius 2 is 2.00 bits per heavy atom. The first kappa shape index (κ1) is 13.7. The zero-order valence-electron chi connectivity index (χ0n) is 12.0. The van der Waals surface area contributed by atoms with Crippen LogP contribution >= 0.6 is 0 Å². The second kappa shape index (κ2) is 5.53. The third-order valence-electron chi connectivity index (χ3n) is 3.47. The van der Waals surface area contributed by atoms with E-state index in [9.17, 15) is 0 Å². The number of hydrogen-bond donors (Lipinski definition) is 2. The molecule has 0 aliphatic carbocycles. The van der Waals surface area contributed by atoms with E-state index >= 15 is 0 Å². The smallest absolute Gasteiger partial charge is 0.146 e. The van der Waals surface area contributed by atoms with Crippen molar-refractivity contribution in [3.05, 3.63) is 23.4 Å². The van der Waals surface area contributed by atoms with Crippen molar-refractivity contribution >= 4 is 10.9 Å². The average molecular weight is 262 g/mol. The van der Waals surface area contributed by atoms with E-state index in [-0.39, 0.29) is 6.04 Å². The van der Waals surface area contributed by atoms with Crippen molar-refractivity contribution < 1.29 is 9.47 Å². The largest absolute Gasteiger partial charge is 0.497 e. The Bertz CT molecular complexity index is 573. The Morgan fingerprint density at radius 1 is 1.26 bits per heavy atom. The molecular formula is C15H22N2O2. The molecule has 2 aromatic rings. The molecule has 1 heterocycles. The second-order valence-electron chi connectivity index (χ2n) is 5.00. The average Bonchev–Trinajstić information content (AvgIpc) is 2.70. The van der Waals surface area contributed by atoms with Crippen molar-refractivity contribution in [2.75, 3.05) is 14.2 Å². The number of nitrogens with one attached hydrogen (secondary N) is 1. The number of methoxy groups -OCH3 is 2. The normalized spacial score (nSPS) is 12.7. The molecule has 4 heteroatoms. The summed E-state index contributed by atoms with van der Waals surface area (Å²) in [5, 5.41) is 1.16. The van der Waals surface area contributed by atoms with E-state index in [1.807, 2.05) is 13.0 Å².